The number of amides is 1. The predicted molar refractivity (Wildman–Crippen MR) is 109 cm³/mol. The summed E-state index contributed by atoms with van der Waals surface area (Å²) in [7, 11) is 0. The number of aromatic amines is 1. The zero-order valence-electron chi connectivity index (χ0n) is 15.8. The number of carbonyl (C=O) groups excluding carboxylic acids is 1. The Morgan fingerprint density at radius 2 is 2.00 bits per heavy atom. The van der Waals surface area contributed by atoms with Gasteiger partial charge in [0.25, 0.3) is 0 Å². The third-order valence-corrected chi connectivity index (χ3v) is 4.98. The molecule has 2 aromatic carbocycles. The van der Waals surface area contributed by atoms with Crippen molar-refractivity contribution >= 4 is 16.8 Å². The lowest BCUT2D eigenvalue weighted by atomic mass is 10.1. The molecule has 1 amide bonds. The summed E-state index contributed by atoms with van der Waals surface area (Å²) >= 11 is 0. The van der Waals surface area contributed by atoms with Crippen molar-refractivity contribution in [3.05, 3.63) is 78.5 Å². The van der Waals surface area contributed by atoms with Gasteiger partial charge in [-0.25, -0.2) is 9.67 Å². The van der Waals surface area contributed by atoms with Gasteiger partial charge in [-0.3, -0.25) is 4.79 Å². The Morgan fingerprint density at radius 1 is 1.18 bits per heavy atom. The Kier molecular flexibility index (Phi) is 5.19. The zero-order valence-corrected chi connectivity index (χ0v) is 15.8. The van der Waals surface area contributed by atoms with Crippen LogP contribution in [0.5, 0.6) is 0 Å². The van der Waals surface area contributed by atoms with E-state index < -0.39 is 0 Å². The van der Waals surface area contributed by atoms with Crippen LogP contribution in [-0.2, 0) is 11.2 Å². The minimum Gasteiger partial charge on any atom is -0.361 e. The van der Waals surface area contributed by atoms with Gasteiger partial charge in [-0.2, -0.15) is 5.10 Å². The van der Waals surface area contributed by atoms with Crippen molar-refractivity contribution in [3.63, 3.8) is 0 Å². The lowest BCUT2D eigenvalue weighted by Crippen LogP contribution is -2.26. The van der Waals surface area contributed by atoms with Crippen molar-refractivity contribution < 1.29 is 4.79 Å². The number of nitrogens with one attached hydrogen (secondary N) is 2. The molecular formula is C22H23N5O. The van der Waals surface area contributed by atoms with Crippen molar-refractivity contribution in [1.82, 2.24) is 25.1 Å². The number of hydrogen-bond donors (Lipinski definition) is 2. The summed E-state index contributed by atoms with van der Waals surface area (Å²) in [6.07, 6.45) is 7.44. The molecule has 0 spiro atoms. The van der Waals surface area contributed by atoms with Gasteiger partial charge in [0.15, 0.2) is 0 Å². The first-order valence-corrected chi connectivity index (χ1v) is 9.50. The highest BCUT2D eigenvalue weighted by Gasteiger charge is 2.11. The van der Waals surface area contributed by atoms with Crippen LogP contribution in [0, 0.1) is 0 Å². The lowest BCUT2D eigenvalue weighted by molar-refractivity contribution is -0.121. The molecule has 142 valence electrons. The van der Waals surface area contributed by atoms with Crippen LogP contribution in [0.15, 0.2) is 67.4 Å². The Morgan fingerprint density at radius 3 is 2.79 bits per heavy atom. The van der Waals surface area contributed by atoms with Crippen LogP contribution in [-0.4, -0.2) is 25.7 Å². The molecule has 0 radical (unpaired) electrons. The average Bonchev–Trinajstić information content (AvgIpc) is 3.39. The number of rotatable bonds is 7. The van der Waals surface area contributed by atoms with E-state index in [1.54, 1.807) is 11.0 Å². The largest absolute Gasteiger partial charge is 0.361 e. The van der Waals surface area contributed by atoms with E-state index in [-0.39, 0.29) is 11.9 Å². The lowest BCUT2D eigenvalue weighted by Gasteiger charge is -2.15. The summed E-state index contributed by atoms with van der Waals surface area (Å²) in [6.45, 7) is 2.00. The van der Waals surface area contributed by atoms with Gasteiger partial charge in [0.05, 0.1) is 11.7 Å². The fourth-order valence-electron chi connectivity index (χ4n) is 3.43. The number of fused-ring (bicyclic) bond motifs is 1. The van der Waals surface area contributed by atoms with Gasteiger partial charge in [-0.05, 0) is 49.1 Å². The summed E-state index contributed by atoms with van der Waals surface area (Å²) in [5.74, 6) is 0.0766. The summed E-state index contributed by atoms with van der Waals surface area (Å²) in [4.78, 5) is 19.6. The number of H-pyrrole nitrogens is 1. The molecule has 1 unspecified atom stereocenters. The molecular weight excluding hydrogens is 350 g/mol. The summed E-state index contributed by atoms with van der Waals surface area (Å²) in [5.41, 5.74) is 4.41. The molecule has 2 aromatic heterocycles. The van der Waals surface area contributed by atoms with E-state index in [4.69, 9.17) is 0 Å². The van der Waals surface area contributed by atoms with Crippen LogP contribution >= 0.6 is 0 Å². The van der Waals surface area contributed by atoms with E-state index >= 15 is 0 Å². The van der Waals surface area contributed by atoms with Crippen LogP contribution in [0.4, 0.5) is 0 Å². The van der Waals surface area contributed by atoms with Gasteiger partial charge in [-0.1, -0.05) is 30.3 Å². The van der Waals surface area contributed by atoms with Crippen LogP contribution in [0.2, 0.25) is 0 Å². The van der Waals surface area contributed by atoms with Gasteiger partial charge in [0.1, 0.15) is 12.7 Å². The summed E-state index contributed by atoms with van der Waals surface area (Å²) < 4.78 is 1.71. The van der Waals surface area contributed by atoms with E-state index in [0.717, 1.165) is 29.6 Å². The zero-order chi connectivity index (χ0) is 19.3. The third kappa shape index (κ3) is 3.96. The molecule has 28 heavy (non-hydrogen) atoms. The van der Waals surface area contributed by atoms with E-state index in [1.807, 2.05) is 49.5 Å². The molecule has 6 nitrogen and oxygen atoms in total. The van der Waals surface area contributed by atoms with E-state index in [2.05, 4.69) is 32.5 Å². The molecule has 0 bridgehead atoms. The number of aromatic nitrogens is 4. The van der Waals surface area contributed by atoms with Crippen molar-refractivity contribution in [3.8, 4) is 5.69 Å². The Labute approximate surface area is 163 Å². The molecule has 6 heteroatoms. The SMILES string of the molecule is CC(NC(=O)CCCc1c[nH]c2ccccc12)c1ccc(-n2cncn2)cc1. The molecule has 4 rings (SSSR count). The smallest absolute Gasteiger partial charge is 0.220 e. The minimum absolute atomic E-state index is 0.0367. The second-order valence-electron chi connectivity index (χ2n) is 6.93. The molecule has 2 N–H and O–H groups in total. The van der Waals surface area contributed by atoms with E-state index in [1.165, 1.54) is 17.3 Å². The molecule has 0 aliphatic rings. The van der Waals surface area contributed by atoms with Gasteiger partial charge in [-0.15, -0.1) is 0 Å². The third-order valence-electron chi connectivity index (χ3n) is 4.98. The maximum atomic E-state index is 12.3. The van der Waals surface area contributed by atoms with Crippen molar-refractivity contribution in [1.29, 1.82) is 0 Å². The Balaban J connectivity index is 1.28. The van der Waals surface area contributed by atoms with Gasteiger partial charge >= 0.3 is 0 Å². The first kappa shape index (κ1) is 18.0. The van der Waals surface area contributed by atoms with Crippen LogP contribution < -0.4 is 5.32 Å². The van der Waals surface area contributed by atoms with Gasteiger partial charge in [0.2, 0.25) is 5.91 Å². The maximum Gasteiger partial charge on any atom is 0.220 e. The molecule has 0 aliphatic carbocycles. The van der Waals surface area contributed by atoms with E-state index in [9.17, 15) is 4.79 Å². The monoisotopic (exact) mass is 373 g/mol. The second-order valence-corrected chi connectivity index (χ2v) is 6.93. The van der Waals surface area contributed by atoms with Crippen LogP contribution in [0.25, 0.3) is 16.6 Å². The molecule has 0 saturated carbocycles. The number of para-hydroxylation sites is 1. The first-order chi connectivity index (χ1) is 13.7. The molecule has 4 aromatic rings. The quantitative estimate of drug-likeness (QED) is 0.515. The molecule has 2 heterocycles. The standard InChI is InChI=1S/C22H23N5O/c1-16(17-9-11-19(12-10-17)27-15-23-14-25-27)26-22(28)8-4-5-18-13-24-21-7-3-2-6-20(18)21/h2-3,6-7,9-16,24H,4-5,8H2,1H3,(H,26,28). The first-order valence-electron chi connectivity index (χ1n) is 9.50. The molecule has 1 atom stereocenters. The molecule has 0 fully saturated rings. The average molecular weight is 373 g/mol. The highest BCUT2D eigenvalue weighted by molar-refractivity contribution is 5.83. The van der Waals surface area contributed by atoms with Gasteiger partial charge in [0, 0.05) is 23.5 Å². The highest BCUT2D eigenvalue weighted by Crippen LogP contribution is 2.20. The summed E-state index contributed by atoms with van der Waals surface area (Å²) in [6, 6.07) is 16.2. The maximum absolute atomic E-state index is 12.3. The fourth-order valence-corrected chi connectivity index (χ4v) is 3.43. The number of aryl methyl sites for hydroxylation is 1. The fraction of sp³-hybridized carbons (Fsp3) is 0.227. The van der Waals surface area contributed by atoms with Crippen LogP contribution in [0.1, 0.15) is 36.9 Å². The molecule has 0 aliphatic heterocycles. The number of carbonyl (C=O) groups is 1. The molecule has 0 saturated heterocycles. The number of hydrogen-bond acceptors (Lipinski definition) is 3. The van der Waals surface area contributed by atoms with Crippen LogP contribution in [0.3, 0.4) is 0 Å². The Bertz CT molecular complexity index is 1050. The number of benzene rings is 2. The van der Waals surface area contributed by atoms with Crippen molar-refractivity contribution in [2.75, 3.05) is 0 Å². The second kappa shape index (κ2) is 8.08. The highest BCUT2D eigenvalue weighted by atomic mass is 16.1. The van der Waals surface area contributed by atoms with E-state index in [0.29, 0.717) is 6.42 Å². The Hall–Kier alpha value is -3.41. The minimum atomic E-state index is -0.0367. The summed E-state index contributed by atoms with van der Waals surface area (Å²) in [5, 5.41) is 8.44. The van der Waals surface area contributed by atoms with Crippen molar-refractivity contribution in [2.45, 2.75) is 32.2 Å². The van der Waals surface area contributed by atoms with Crippen molar-refractivity contribution in [2.24, 2.45) is 0 Å². The predicted octanol–water partition coefficient (Wildman–Crippen LogP) is 3.95. The normalized spacial score (nSPS) is 12.2. The number of nitrogens with zero attached hydrogens (tertiary/aromatic N) is 3. The van der Waals surface area contributed by atoms with Gasteiger partial charge < -0.3 is 10.3 Å². The topological polar surface area (TPSA) is 75.6 Å².